The van der Waals surface area contributed by atoms with Gasteiger partial charge in [0.25, 0.3) is 5.91 Å². The van der Waals surface area contributed by atoms with Crippen molar-refractivity contribution in [2.24, 2.45) is 0 Å². The zero-order valence-corrected chi connectivity index (χ0v) is 18.4. The number of anilines is 1. The smallest absolute Gasteiger partial charge is 0.417 e. The maximum absolute atomic E-state index is 13.6. The summed E-state index contributed by atoms with van der Waals surface area (Å²) in [6.07, 6.45) is -2.28. The van der Waals surface area contributed by atoms with Gasteiger partial charge in [0.1, 0.15) is 22.6 Å². The van der Waals surface area contributed by atoms with Crippen LogP contribution >= 0.6 is 0 Å². The lowest BCUT2D eigenvalue weighted by Gasteiger charge is -2.27. The summed E-state index contributed by atoms with van der Waals surface area (Å²) in [7, 11) is 0. The molecule has 0 aliphatic carbocycles. The molecule has 1 aromatic carbocycles. The van der Waals surface area contributed by atoms with E-state index < -0.39 is 17.6 Å². The fourth-order valence-electron chi connectivity index (χ4n) is 4.47. The molecule has 1 aliphatic heterocycles. The second-order valence-corrected chi connectivity index (χ2v) is 8.33. The Labute approximate surface area is 192 Å². The number of alkyl halides is 3. The van der Waals surface area contributed by atoms with Gasteiger partial charge in [-0.1, -0.05) is 6.07 Å². The second-order valence-electron chi connectivity index (χ2n) is 8.33. The molecule has 0 bridgehead atoms. The molecule has 176 valence electrons. The Hall–Kier alpha value is -4.02. The van der Waals surface area contributed by atoms with Crippen LogP contribution in [0.3, 0.4) is 0 Å². The Morgan fingerprint density at radius 1 is 1.18 bits per heavy atom. The number of amides is 1. The minimum atomic E-state index is -4.64. The van der Waals surface area contributed by atoms with E-state index in [0.29, 0.717) is 36.1 Å². The number of halogens is 3. The number of aryl methyl sites for hydroxylation is 1. The van der Waals surface area contributed by atoms with Crippen molar-refractivity contribution >= 4 is 22.8 Å². The number of hydrogen-bond acceptors (Lipinski definition) is 5. The molecule has 3 N–H and O–H groups in total. The summed E-state index contributed by atoms with van der Waals surface area (Å²) in [5.41, 5.74) is 7.97. The normalized spacial score (nSPS) is 14.0. The van der Waals surface area contributed by atoms with Gasteiger partial charge in [0.05, 0.1) is 35.6 Å². The van der Waals surface area contributed by atoms with Crippen LogP contribution < -0.4 is 5.73 Å². The van der Waals surface area contributed by atoms with Gasteiger partial charge in [-0.3, -0.25) is 19.0 Å². The van der Waals surface area contributed by atoms with E-state index in [4.69, 9.17) is 5.73 Å². The van der Waals surface area contributed by atoms with Crippen molar-refractivity contribution in [2.75, 3.05) is 12.3 Å². The number of phenols is 1. The highest BCUT2D eigenvalue weighted by atomic mass is 19.4. The number of fused-ring (bicyclic) bond motifs is 2. The number of hydrogen-bond donors (Lipinski definition) is 2. The van der Waals surface area contributed by atoms with Crippen molar-refractivity contribution in [3.63, 3.8) is 0 Å². The number of nitrogen functional groups attached to an aromatic ring is 1. The Balaban J connectivity index is 1.75. The first-order chi connectivity index (χ1) is 16.1. The van der Waals surface area contributed by atoms with Crippen molar-refractivity contribution in [2.45, 2.75) is 33.1 Å². The summed E-state index contributed by atoms with van der Waals surface area (Å²) >= 11 is 0. The molecular formula is C23H21F3N6O2. The second kappa shape index (κ2) is 7.51. The molecule has 0 saturated heterocycles. The maximum Gasteiger partial charge on any atom is 0.417 e. The van der Waals surface area contributed by atoms with Crippen LogP contribution in [-0.2, 0) is 19.3 Å². The number of pyridine rings is 1. The van der Waals surface area contributed by atoms with Gasteiger partial charge in [0.15, 0.2) is 0 Å². The van der Waals surface area contributed by atoms with Gasteiger partial charge >= 0.3 is 6.18 Å². The summed E-state index contributed by atoms with van der Waals surface area (Å²) in [5, 5.41) is 14.5. The number of phenolic OH excluding ortho intramolecular Hbond substituents is 1. The molecule has 0 radical (unpaired) electrons. The van der Waals surface area contributed by atoms with Crippen molar-refractivity contribution in [1.82, 2.24) is 24.2 Å². The predicted octanol–water partition coefficient (Wildman–Crippen LogP) is 3.80. The number of nitrogens with zero attached hydrogens (tertiary/aromatic N) is 5. The zero-order chi connectivity index (χ0) is 24.4. The number of carbonyl (C=O) groups excluding carboxylic acids is 1. The Bertz CT molecular complexity index is 1450. The molecule has 3 aromatic heterocycles. The molecule has 0 fully saturated rings. The van der Waals surface area contributed by atoms with Crippen molar-refractivity contribution < 1.29 is 23.1 Å². The number of benzene rings is 1. The fraction of sp³-hybridized carbons (Fsp3) is 0.261. The third kappa shape index (κ3) is 3.27. The third-order valence-electron chi connectivity index (χ3n) is 6.24. The van der Waals surface area contributed by atoms with Gasteiger partial charge < -0.3 is 15.7 Å². The van der Waals surface area contributed by atoms with Crippen LogP contribution in [0.25, 0.3) is 16.7 Å². The number of aromatic hydroxyl groups is 1. The lowest BCUT2D eigenvalue weighted by Crippen LogP contribution is -2.38. The first-order valence-corrected chi connectivity index (χ1v) is 10.5. The average molecular weight is 470 g/mol. The van der Waals surface area contributed by atoms with Crippen molar-refractivity contribution in [1.29, 1.82) is 0 Å². The van der Waals surface area contributed by atoms with E-state index in [9.17, 15) is 23.1 Å². The van der Waals surface area contributed by atoms with Gasteiger partial charge in [-0.05, 0) is 37.6 Å². The molecule has 1 amide bonds. The largest absolute Gasteiger partial charge is 0.508 e. The lowest BCUT2D eigenvalue weighted by molar-refractivity contribution is -0.137. The highest BCUT2D eigenvalue weighted by molar-refractivity contribution is 6.11. The van der Waals surface area contributed by atoms with E-state index in [0.717, 1.165) is 11.8 Å². The SMILES string of the molecule is Cc1ccc(O)c(C)c1-n1c(N)c(C(=O)N2CCn3nccc3C2)c2ncc(C(F)(F)F)cc21. The first kappa shape index (κ1) is 21.8. The molecule has 4 heterocycles. The molecule has 4 aromatic rings. The van der Waals surface area contributed by atoms with Crippen LogP contribution in [0.15, 0.2) is 36.7 Å². The Morgan fingerprint density at radius 3 is 2.68 bits per heavy atom. The van der Waals surface area contributed by atoms with E-state index in [2.05, 4.69) is 10.1 Å². The number of carbonyl (C=O) groups is 1. The van der Waals surface area contributed by atoms with E-state index >= 15 is 0 Å². The first-order valence-electron chi connectivity index (χ1n) is 10.5. The summed E-state index contributed by atoms with van der Waals surface area (Å²) in [5.74, 6) is -0.516. The van der Waals surface area contributed by atoms with Gasteiger partial charge in [0.2, 0.25) is 0 Å². The zero-order valence-electron chi connectivity index (χ0n) is 18.4. The van der Waals surface area contributed by atoms with E-state index in [1.807, 2.05) is 0 Å². The number of nitrogens with two attached hydrogens (primary N) is 1. The van der Waals surface area contributed by atoms with E-state index in [1.54, 1.807) is 41.8 Å². The molecule has 34 heavy (non-hydrogen) atoms. The van der Waals surface area contributed by atoms with Crippen LogP contribution in [-0.4, -0.2) is 41.8 Å². The van der Waals surface area contributed by atoms with Gasteiger partial charge in [-0.15, -0.1) is 0 Å². The van der Waals surface area contributed by atoms with Gasteiger partial charge in [-0.2, -0.15) is 18.3 Å². The van der Waals surface area contributed by atoms with Crippen LogP contribution in [0.5, 0.6) is 5.75 Å². The Kier molecular flexibility index (Phi) is 4.81. The van der Waals surface area contributed by atoms with Crippen LogP contribution in [0, 0.1) is 13.8 Å². The number of aromatic nitrogens is 4. The van der Waals surface area contributed by atoms with Gasteiger partial charge in [-0.25, -0.2) is 0 Å². The van der Waals surface area contributed by atoms with Crippen LogP contribution in [0.1, 0.15) is 32.7 Å². The van der Waals surface area contributed by atoms with Crippen molar-refractivity contribution in [3.05, 3.63) is 64.6 Å². The molecule has 0 saturated carbocycles. The molecule has 0 atom stereocenters. The molecule has 5 rings (SSSR count). The molecular weight excluding hydrogens is 449 g/mol. The molecule has 11 heteroatoms. The van der Waals surface area contributed by atoms with E-state index in [-0.39, 0.29) is 34.7 Å². The number of rotatable bonds is 2. The van der Waals surface area contributed by atoms with E-state index in [1.165, 1.54) is 10.6 Å². The highest BCUT2D eigenvalue weighted by Crippen LogP contribution is 2.39. The molecule has 0 spiro atoms. The lowest BCUT2D eigenvalue weighted by atomic mass is 10.1. The maximum atomic E-state index is 13.6. The quantitative estimate of drug-likeness (QED) is 0.464. The van der Waals surface area contributed by atoms with Crippen LogP contribution in [0.4, 0.5) is 19.0 Å². The minimum Gasteiger partial charge on any atom is -0.508 e. The standard InChI is InChI=1S/C23H21F3N6O2/c1-12-3-4-17(33)13(2)20(12)32-16-9-14(23(24,25)26)10-28-19(16)18(21(32)27)22(34)30-7-8-31-15(11-30)5-6-29-31/h3-6,9-10,33H,7-8,11,27H2,1-2H3. The predicted molar refractivity (Wildman–Crippen MR) is 119 cm³/mol. The van der Waals surface area contributed by atoms with Crippen LogP contribution in [0.2, 0.25) is 0 Å². The molecule has 0 unspecified atom stereocenters. The monoisotopic (exact) mass is 470 g/mol. The highest BCUT2D eigenvalue weighted by Gasteiger charge is 2.35. The summed E-state index contributed by atoms with van der Waals surface area (Å²) in [4.78, 5) is 19.2. The topological polar surface area (TPSA) is 102 Å². The molecule has 8 nitrogen and oxygen atoms in total. The van der Waals surface area contributed by atoms with Crippen molar-refractivity contribution in [3.8, 4) is 11.4 Å². The van der Waals surface area contributed by atoms with Gasteiger partial charge in [0, 0.05) is 24.5 Å². The summed E-state index contributed by atoms with van der Waals surface area (Å²) in [6.45, 7) is 4.53. The molecule has 1 aliphatic rings. The Morgan fingerprint density at radius 2 is 1.94 bits per heavy atom. The summed E-state index contributed by atoms with van der Waals surface area (Å²) < 4.78 is 43.8. The fourth-order valence-corrected chi connectivity index (χ4v) is 4.47. The third-order valence-corrected chi connectivity index (χ3v) is 6.24. The average Bonchev–Trinajstić information content (AvgIpc) is 3.37. The minimum absolute atomic E-state index is 0.0267. The summed E-state index contributed by atoms with van der Waals surface area (Å²) in [6, 6.07) is 5.87.